The van der Waals surface area contributed by atoms with Gasteiger partial charge in [0.15, 0.2) is 6.61 Å². The first-order valence-electron chi connectivity index (χ1n) is 6.75. The lowest BCUT2D eigenvalue weighted by Gasteiger charge is -2.21. The number of amides is 3. The smallest absolute Gasteiger partial charge is 0.329 e. The van der Waals surface area contributed by atoms with Crippen molar-refractivity contribution in [2.45, 2.75) is 38.6 Å². The van der Waals surface area contributed by atoms with Crippen molar-refractivity contribution in [3.05, 3.63) is 0 Å². The summed E-state index contributed by atoms with van der Waals surface area (Å²) >= 11 is 0. The first-order chi connectivity index (χ1) is 9.43. The summed E-state index contributed by atoms with van der Waals surface area (Å²) in [6.45, 7) is 0.878. The van der Waals surface area contributed by atoms with Crippen molar-refractivity contribution in [1.82, 2.24) is 4.90 Å². The van der Waals surface area contributed by atoms with Gasteiger partial charge in [-0.3, -0.25) is 19.3 Å². The predicted octanol–water partition coefficient (Wildman–Crippen LogP) is -0.421. The number of hydrogen-bond donors (Lipinski definition) is 1. The Hall–Kier alpha value is -1.92. The Labute approximate surface area is 116 Å². The first kappa shape index (κ1) is 14.5. The van der Waals surface area contributed by atoms with Crippen LogP contribution in [-0.2, 0) is 23.9 Å². The highest BCUT2D eigenvalue weighted by atomic mass is 16.5. The number of hydrogen-bond acceptors (Lipinski definition) is 5. The zero-order chi connectivity index (χ0) is 14.9. The summed E-state index contributed by atoms with van der Waals surface area (Å²) in [4.78, 5) is 47.8. The molecule has 0 unspecified atom stereocenters. The molecule has 0 aromatic carbocycles. The summed E-state index contributed by atoms with van der Waals surface area (Å²) in [7, 11) is 0. The number of fused-ring (bicyclic) bond motifs is 1. The Kier molecular flexibility index (Phi) is 4.06. The molecule has 1 aliphatic carbocycles. The molecule has 0 spiro atoms. The maximum Gasteiger partial charge on any atom is 0.329 e. The minimum atomic E-state index is -1.01. The molecule has 0 aromatic rings. The molecule has 3 atom stereocenters. The van der Waals surface area contributed by atoms with Crippen molar-refractivity contribution in [2.75, 3.05) is 6.61 Å². The second-order valence-corrected chi connectivity index (χ2v) is 5.29. The fourth-order valence-electron chi connectivity index (χ4n) is 2.94. The van der Waals surface area contributed by atoms with Gasteiger partial charge in [0.05, 0.1) is 11.8 Å². The number of carbonyl (C=O) groups is 4. The predicted molar refractivity (Wildman–Crippen MR) is 66.9 cm³/mol. The van der Waals surface area contributed by atoms with Crippen LogP contribution in [0.3, 0.4) is 0 Å². The van der Waals surface area contributed by atoms with E-state index < -0.39 is 24.5 Å². The van der Waals surface area contributed by atoms with Crippen LogP contribution in [0.4, 0.5) is 0 Å². The third kappa shape index (κ3) is 2.52. The molecule has 3 amide bonds. The minimum absolute atomic E-state index is 0.303. The number of primary amides is 1. The highest BCUT2D eigenvalue weighted by molar-refractivity contribution is 6.07. The second-order valence-electron chi connectivity index (χ2n) is 5.29. The molecule has 110 valence electrons. The van der Waals surface area contributed by atoms with Gasteiger partial charge in [0.1, 0.15) is 6.04 Å². The van der Waals surface area contributed by atoms with Crippen LogP contribution in [0.15, 0.2) is 0 Å². The molecule has 7 nitrogen and oxygen atoms in total. The van der Waals surface area contributed by atoms with Crippen LogP contribution in [-0.4, -0.2) is 41.2 Å². The van der Waals surface area contributed by atoms with Gasteiger partial charge in [0.25, 0.3) is 5.91 Å². The van der Waals surface area contributed by atoms with Gasteiger partial charge in [-0.25, -0.2) is 4.79 Å². The lowest BCUT2D eigenvalue weighted by Crippen LogP contribution is -2.45. The average molecular weight is 282 g/mol. The second kappa shape index (κ2) is 5.60. The Morgan fingerprint density at radius 2 is 1.75 bits per heavy atom. The number of likely N-dealkylation sites (tertiary alicyclic amines) is 1. The lowest BCUT2D eigenvalue weighted by molar-refractivity contribution is -0.159. The monoisotopic (exact) mass is 282 g/mol. The molecule has 2 fully saturated rings. The summed E-state index contributed by atoms with van der Waals surface area (Å²) in [5, 5.41) is 0. The molecule has 1 heterocycles. The molecule has 20 heavy (non-hydrogen) atoms. The van der Waals surface area contributed by atoms with Crippen LogP contribution >= 0.6 is 0 Å². The largest absolute Gasteiger partial charge is 0.454 e. The van der Waals surface area contributed by atoms with Crippen molar-refractivity contribution in [2.24, 2.45) is 17.6 Å². The van der Waals surface area contributed by atoms with E-state index in [4.69, 9.17) is 5.73 Å². The third-order valence-corrected chi connectivity index (χ3v) is 3.96. The van der Waals surface area contributed by atoms with Crippen molar-refractivity contribution in [3.8, 4) is 0 Å². The molecule has 0 radical (unpaired) electrons. The number of nitrogens with two attached hydrogens (primary N) is 1. The van der Waals surface area contributed by atoms with Gasteiger partial charge in [0, 0.05) is 0 Å². The van der Waals surface area contributed by atoms with Crippen LogP contribution in [0.1, 0.15) is 32.6 Å². The van der Waals surface area contributed by atoms with Crippen LogP contribution < -0.4 is 5.73 Å². The number of rotatable bonds is 4. The molecular formula is C13H18N2O5. The number of carbonyl (C=O) groups excluding carboxylic acids is 4. The van der Waals surface area contributed by atoms with Gasteiger partial charge < -0.3 is 10.5 Å². The number of nitrogens with zero attached hydrogens (tertiary/aromatic N) is 1. The molecule has 2 N–H and O–H groups in total. The topological polar surface area (TPSA) is 107 Å². The fourth-order valence-corrected chi connectivity index (χ4v) is 2.94. The molecule has 0 bridgehead atoms. The number of imide groups is 1. The highest BCUT2D eigenvalue weighted by Gasteiger charge is 2.51. The summed E-state index contributed by atoms with van der Waals surface area (Å²) in [5.41, 5.74) is 4.88. The molecule has 1 saturated carbocycles. The van der Waals surface area contributed by atoms with Crippen LogP contribution in [0.25, 0.3) is 0 Å². The van der Waals surface area contributed by atoms with E-state index in [-0.39, 0.29) is 23.7 Å². The molecule has 0 aromatic heterocycles. The van der Waals surface area contributed by atoms with Gasteiger partial charge in [-0.15, -0.1) is 0 Å². The zero-order valence-corrected chi connectivity index (χ0v) is 11.3. The summed E-state index contributed by atoms with van der Waals surface area (Å²) < 4.78 is 4.67. The summed E-state index contributed by atoms with van der Waals surface area (Å²) in [5.74, 6) is -2.78. The molecule has 1 aliphatic heterocycles. The van der Waals surface area contributed by atoms with E-state index in [1.807, 2.05) is 0 Å². The summed E-state index contributed by atoms with van der Waals surface area (Å²) in [6, 6.07) is -1.01. The SMILES string of the molecule is C[C@@H](C(=O)OCC(N)=O)N1C(=O)[C@H]2CCCC[C@H]2C1=O. The standard InChI is InChI=1S/C13H18N2O5/c1-7(13(19)20-6-10(14)16)15-11(17)8-4-2-3-5-9(8)12(15)18/h7-9H,2-6H2,1H3,(H2,14,16)/t7-,8-,9+/m0/s1. The van der Waals surface area contributed by atoms with Gasteiger partial charge in [-0.1, -0.05) is 12.8 Å². The first-order valence-corrected chi connectivity index (χ1v) is 6.75. The molecule has 2 rings (SSSR count). The molecule has 1 saturated heterocycles. The quantitative estimate of drug-likeness (QED) is 0.556. The van der Waals surface area contributed by atoms with Gasteiger partial charge in [0.2, 0.25) is 11.8 Å². The van der Waals surface area contributed by atoms with Crippen LogP contribution in [0.2, 0.25) is 0 Å². The van der Waals surface area contributed by atoms with E-state index in [0.717, 1.165) is 17.7 Å². The normalized spacial score (nSPS) is 27.1. The van der Waals surface area contributed by atoms with E-state index >= 15 is 0 Å². The van der Waals surface area contributed by atoms with E-state index in [2.05, 4.69) is 4.74 Å². The average Bonchev–Trinajstić information content (AvgIpc) is 2.68. The van der Waals surface area contributed by atoms with Gasteiger partial charge in [-0.05, 0) is 19.8 Å². The van der Waals surface area contributed by atoms with Crippen molar-refractivity contribution in [3.63, 3.8) is 0 Å². The molecule has 7 heteroatoms. The van der Waals surface area contributed by atoms with E-state index in [9.17, 15) is 19.2 Å². The fraction of sp³-hybridized carbons (Fsp3) is 0.692. The minimum Gasteiger partial charge on any atom is -0.454 e. The van der Waals surface area contributed by atoms with Crippen molar-refractivity contribution < 1.29 is 23.9 Å². The Balaban J connectivity index is 2.07. The van der Waals surface area contributed by atoms with Crippen molar-refractivity contribution >= 4 is 23.7 Å². The van der Waals surface area contributed by atoms with Crippen LogP contribution in [0.5, 0.6) is 0 Å². The van der Waals surface area contributed by atoms with Gasteiger partial charge >= 0.3 is 5.97 Å². The van der Waals surface area contributed by atoms with Crippen molar-refractivity contribution in [1.29, 1.82) is 0 Å². The van der Waals surface area contributed by atoms with E-state index in [1.165, 1.54) is 6.92 Å². The lowest BCUT2D eigenvalue weighted by atomic mass is 9.81. The Bertz CT molecular complexity index is 438. The van der Waals surface area contributed by atoms with E-state index in [1.54, 1.807) is 0 Å². The highest BCUT2D eigenvalue weighted by Crippen LogP contribution is 2.38. The maximum absolute atomic E-state index is 12.2. The number of esters is 1. The maximum atomic E-state index is 12.2. The molecular weight excluding hydrogens is 264 g/mol. The van der Waals surface area contributed by atoms with Gasteiger partial charge in [-0.2, -0.15) is 0 Å². The Morgan fingerprint density at radius 3 is 2.20 bits per heavy atom. The van der Waals surface area contributed by atoms with Crippen LogP contribution in [0, 0.1) is 11.8 Å². The number of ether oxygens (including phenoxy) is 1. The van der Waals surface area contributed by atoms with E-state index in [0.29, 0.717) is 12.8 Å². The summed E-state index contributed by atoms with van der Waals surface area (Å²) in [6.07, 6.45) is 3.23. The molecule has 2 aliphatic rings. The third-order valence-electron chi connectivity index (χ3n) is 3.96. The Morgan fingerprint density at radius 1 is 1.25 bits per heavy atom. The zero-order valence-electron chi connectivity index (χ0n) is 11.3.